The summed E-state index contributed by atoms with van der Waals surface area (Å²) in [5, 5.41) is 13.4. The molecule has 0 saturated carbocycles. The minimum absolute atomic E-state index is 0.0145. The standard InChI is InChI=1S/C23H28N2OS/c1-4-23(2,3)17-11-12-18-19(15-24)22(27-20(18)14-17)25-21(26)13-10-16-8-6-5-7-9-16/h5-9,17H,4,10-14H2,1-3H3,(H,25,26). The Balaban J connectivity index is 1.70. The highest BCUT2D eigenvalue weighted by Crippen LogP contribution is 2.45. The highest BCUT2D eigenvalue weighted by atomic mass is 32.1. The molecule has 1 aromatic heterocycles. The molecule has 1 amide bonds. The van der Waals surface area contributed by atoms with Crippen LogP contribution >= 0.6 is 11.3 Å². The average molecular weight is 381 g/mol. The summed E-state index contributed by atoms with van der Waals surface area (Å²) in [7, 11) is 0. The number of hydrogen-bond acceptors (Lipinski definition) is 3. The highest BCUT2D eigenvalue weighted by molar-refractivity contribution is 7.16. The lowest BCUT2D eigenvalue weighted by molar-refractivity contribution is -0.116. The van der Waals surface area contributed by atoms with Crippen molar-refractivity contribution in [3.63, 3.8) is 0 Å². The molecule has 0 bridgehead atoms. The van der Waals surface area contributed by atoms with Gasteiger partial charge < -0.3 is 5.32 Å². The van der Waals surface area contributed by atoms with Crippen LogP contribution < -0.4 is 5.32 Å². The van der Waals surface area contributed by atoms with Crippen LogP contribution in [0, 0.1) is 22.7 Å². The van der Waals surface area contributed by atoms with Crippen molar-refractivity contribution in [1.29, 1.82) is 5.26 Å². The molecule has 1 aliphatic carbocycles. The Morgan fingerprint density at radius 3 is 2.74 bits per heavy atom. The number of anilines is 1. The fourth-order valence-electron chi connectivity index (χ4n) is 3.84. The Bertz CT molecular complexity index is 845. The number of nitrogens with zero attached hydrogens (tertiary/aromatic N) is 1. The first-order chi connectivity index (χ1) is 12.9. The van der Waals surface area contributed by atoms with Crippen LogP contribution in [0.2, 0.25) is 0 Å². The summed E-state index contributed by atoms with van der Waals surface area (Å²) in [6, 6.07) is 12.4. The van der Waals surface area contributed by atoms with Crippen molar-refractivity contribution < 1.29 is 4.79 Å². The maximum atomic E-state index is 12.4. The van der Waals surface area contributed by atoms with E-state index in [0.717, 1.165) is 36.2 Å². The molecule has 3 rings (SSSR count). The first-order valence-electron chi connectivity index (χ1n) is 9.83. The van der Waals surface area contributed by atoms with Gasteiger partial charge in [0, 0.05) is 11.3 Å². The van der Waals surface area contributed by atoms with Gasteiger partial charge in [-0.25, -0.2) is 0 Å². The number of fused-ring (bicyclic) bond motifs is 1. The third-order valence-corrected chi connectivity index (χ3v) is 7.30. The Morgan fingerprint density at radius 2 is 2.07 bits per heavy atom. The number of amides is 1. The van der Waals surface area contributed by atoms with E-state index in [2.05, 4.69) is 32.2 Å². The van der Waals surface area contributed by atoms with Gasteiger partial charge in [0.2, 0.25) is 5.91 Å². The van der Waals surface area contributed by atoms with E-state index < -0.39 is 0 Å². The van der Waals surface area contributed by atoms with Gasteiger partial charge in [-0.15, -0.1) is 11.3 Å². The van der Waals surface area contributed by atoms with Crippen LogP contribution in [0.3, 0.4) is 0 Å². The smallest absolute Gasteiger partial charge is 0.225 e. The number of thiophene rings is 1. The van der Waals surface area contributed by atoms with Gasteiger partial charge in [0.05, 0.1) is 5.56 Å². The molecule has 0 spiro atoms. The van der Waals surface area contributed by atoms with E-state index in [1.54, 1.807) is 11.3 Å². The van der Waals surface area contributed by atoms with Crippen LogP contribution in [0.1, 0.15) is 61.6 Å². The Hall–Kier alpha value is -2.12. The number of nitrogens with one attached hydrogen (secondary N) is 1. The van der Waals surface area contributed by atoms with Crippen molar-refractivity contribution in [3.05, 3.63) is 51.9 Å². The summed E-state index contributed by atoms with van der Waals surface area (Å²) in [6.45, 7) is 6.94. The average Bonchev–Trinajstić information content (AvgIpc) is 3.03. The van der Waals surface area contributed by atoms with E-state index >= 15 is 0 Å². The fraction of sp³-hybridized carbons (Fsp3) is 0.478. The molecule has 0 saturated heterocycles. The van der Waals surface area contributed by atoms with Gasteiger partial charge in [-0.3, -0.25) is 4.79 Å². The van der Waals surface area contributed by atoms with Gasteiger partial charge in [0.25, 0.3) is 0 Å². The van der Waals surface area contributed by atoms with E-state index in [0.29, 0.717) is 29.7 Å². The maximum absolute atomic E-state index is 12.4. The van der Waals surface area contributed by atoms with Crippen LogP contribution in [-0.2, 0) is 24.1 Å². The van der Waals surface area contributed by atoms with Crippen molar-refractivity contribution in [3.8, 4) is 6.07 Å². The number of carbonyl (C=O) groups is 1. The van der Waals surface area contributed by atoms with Crippen LogP contribution in [0.15, 0.2) is 30.3 Å². The first kappa shape index (κ1) is 19.6. The molecule has 1 unspecified atom stereocenters. The zero-order valence-electron chi connectivity index (χ0n) is 16.5. The summed E-state index contributed by atoms with van der Waals surface area (Å²) >= 11 is 1.61. The number of benzene rings is 1. The van der Waals surface area contributed by atoms with Gasteiger partial charge in [0.15, 0.2) is 0 Å². The highest BCUT2D eigenvalue weighted by Gasteiger charge is 2.34. The second-order valence-corrected chi connectivity index (χ2v) is 9.24. The fourth-order valence-corrected chi connectivity index (χ4v) is 5.13. The molecule has 1 atom stereocenters. The minimum Gasteiger partial charge on any atom is -0.317 e. The molecule has 1 N–H and O–H groups in total. The number of carbonyl (C=O) groups excluding carboxylic acids is 1. The van der Waals surface area contributed by atoms with Crippen LogP contribution in [0.5, 0.6) is 0 Å². The SMILES string of the molecule is CCC(C)(C)C1CCc2c(sc(NC(=O)CCc3ccccc3)c2C#N)C1. The topological polar surface area (TPSA) is 52.9 Å². The summed E-state index contributed by atoms with van der Waals surface area (Å²) in [4.78, 5) is 13.7. The summed E-state index contributed by atoms with van der Waals surface area (Å²) < 4.78 is 0. The van der Waals surface area contributed by atoms with E-state index in [9.17, 15) is 10.1 Å². The molecule has 0 aliphatic heterocycles. The van der Waals surface area contributed by atoms with Gasteiger partial charge >= 0.3 is 0 Å². The molecule has 142 valence electrons. The lowest BCUT2D eigenvalue weighted by Gasteiger charge is -2.36. The Kier molecular flexibility index (Phi) is 6.01. The predicted octanol–water partition coefficient (Wildman–Crippen LogP) is 5.73. The number of nitriles is 1. The van der Waals surface area contributed by atoms with Crippen molar-refractivity contribution in [2.24, 2.45) is 11.3 Å². The zero-order chi connectivity index (χ0) is 19.4. The van der Waals surface area contributed by atoms with Crippen LogP contribution in [0.4, 0.5) is 5.00 Å². The lowest BCUT2D eigenvalue weighted by atomic mass is 9.69. The molecular weight excluding hydrogens is 352 g/mol. The number of rotatable bonds is 6. The van der Waals surface area contributed by atoms with Gasteiger partial charge in [-0.1, -0.05) is 57.5 Å². The zero-order valence-corrected chi connectivity index (χ0v) is 17.3. The molecule has 2 aromatic rings. The molecule has 1 aliphatic rings. The van der Waals surface area contributed by atoms with Crippen LogP contribution in [-0.4, -0.2) is 5.91 Å². The maximum Gasteiger partial charge on any atom is 0.225 e. The molecular formula is C23H28N2OS. The largest absolute Gasteiger partial charge is 0.317 e. The Labute approximate surface area is 166 Å². The van der Waals surface area contributed by atoms with Gasteiger partial charge in [0.1, 0.15) is 11.1 Å². The summed E-state index contributed by atoms with van der Waals surface area (Å²) in [6.07, 6.45) is 5.40. The van der Waals surface area contributed by atoms with Crippen LogP contribution in [0.25, 0.3) is 0 Å². The lowest BCUT2D eigenvalue weighted by Crippen LogP contribution is -2.28. The van der Waals surface area contributed by atoms with E-state index in [-0.39, 0.29) is 5.91 Å². The molecule has 1 heterocycles. The number of hydrogen-bond donors (Lipinski definition) is 1. The van der Waals surface area contributed by atoms with Crippen molar-refractivity contribution in [2.45, 2.75) is 59.3 Å². The third-order valence-electron chi connectivity index (χ3n) is 6.13. The molecule has 27 heavy (non-hydrogen) atoms. The monoisotopic (exact) mass is 380 g/mol. The molecule has 1 aromatic carbocycles. The van der Waals surface area contributed by atoms with E-state index in [1.165, 1.54) is 10.4 Å². The second kappa shape index (κ2) is 8.27. The van der Waals surface area contributed by atoms with E-state index in [1.807, 2.05) is 30.3 Å². The summed E-state index contributed by atoms with van der Waals surface area (Å²) in [5.74, 6) is 0.626. The van der Waals surface area contributed by atoms with Gasteiger partial charge in [-0.05, 0) is 48.1 Å². The summed E-state index contributed by atoms with van der Waals surface area (Å²) in [5.41, 5.74) is 3.33. The van der Waals surface area contributed by atoms with E-state index in [4.69, 9.17) is 0 Å². The predicted molar refractivity (Wildman–Crippen MR) is 112 cm³/mol. The Morgan fingerprint density at radius 1 is 1.33 bits per heavy atom. The first-order valence-corrected chi connectivity index (χ1v) is 10.6. The van der Waals surface area contributed by atoms with Crippen molar-refractivity contribution in [2.75, 3.05) is 5.32 Å². The normalized spacial score (nSPS) is 16.4. The van der Waals surface area contributed by atoms with Crippen molar-refractivity contribution >= 4 is 22.2 Å². The quantitative estimate of drug-likeness (QED) is 0.695. The van der Waals surface area contributed by atoms with Crippen molar-refractivity contribution in [1.82, 2.24) is 0 Å². The molecule has 3 nitrogen and oxygen atoms in total. The second-order valence-electron chi connectivity index (χ2n) is 8.14. The molecule has 4 heteroatoms. The van der Waals surface area contributed by atoms with Gasteiger partial charge in [-0.2, -0.15) is 5.26 Å². The molecule has 0 radical (unpaired) electrons. The molecule has 0 fully saturated rings. The number of aryl methyl sites for hydroxylation is 1. The third kappa shape index (κ3) is 4.42. The minimum atomic E-state index is -0.0145.